The summed E-state index contributed by atoms with van der Waals surface area (Å²) in [4.78, 5) is 1.54. The Labute approximate surface area is 119 Å². The SMILES string of the molecule is OCCN(Cc1cc(Br)cc2c1OCC2)CC(F)F. The maximum atomic E-state index is 12.5. The van der Waals surface area contributed by atoms with Crippen molar-refractivity contribution in [3.63, 3.8) is 0 Å². The standard InChI is InChI=1S/C13H16BrF2NO2/c14-11-5-9-1-4-19-13(9)10(6-11)7-17(2-3-18)8-12(15)16/h5-6,12,18H,1-4,7-8H2. The second-order valence-electron chi connectivity index (χ2n) is 4.50. The van der Waals surface area contributed by atoms with E-state index < -0.39 is 6.43 Å². The van der Waals surface area contributed by atoms with Gasteiger partial charge in [0.1, 0.15) is 5.75 Å². The van der Waals surface area contributed by atoms with E-state index in [-0.39, 0.29) is 19.7 Å². The third-order valence-electron chi connectivity index (χ3n) is 3.03. The molecule has 1 aromatic carbocycles. The number of rotatable bonds is 6. The molecule has 1 aliphatic rings. The highest BCUT2D eigenvalue weighted by Gasteiger charge is 2.20. The Kier molecular flexibility index (Phi) is 5.13. The minimum Gasteiger partial charge on any atom is -0.493 e. The number of hydrogen-bond donors (Lipinski definition) is 1. The largest absolute Gasteiger partial charge is 0.493 e. The maximum absolute atomic E-state index is 12.5. The van der Waals surface area contributed by atoms with Crippen molar-refractivity contribution >= 4 is 15.9 Å². The van der Waals surface area contributed by atoms with Gasteiger partial charge in [0.25, 0.3) is 6.43 Å². The smallest absolute Gasteiger partial charge is 0.251 e. The first-order chi connectivity index (χ1) is 9.10. The number of fused-ring (bicyclic) bond motifs is 1. The molecule has 0 amide bonds. The van der Waals surface area contributed by atoms with Crippen molar-refractivity contribution in [2.75, 3.05) is 26.3 Å². The van der Waals surface area contributed by atoms with E-state index in [1.807, 2.05) is 12.1 Å². The molecule has 0 atom stereocenters. The summed E-state index contributed by atoms with van der Waals surface area (Å²) >= 11 is 3.42. The molecule has 2 rings (SSSR count). The monoisotopic (exact) mass is 335 g/mol. The van der Waals surface area contributed by atoms with Gasteiger partial charge < -0.3 is 9.84 Å². The van der Waals surface area contributed by atoms with Gasteiger partial charge in [0.15, 0.2) is 0 Å². The summed E-state index contributed by atoms with van der Waals surface area (Å²) in [6.45, 7) is 0.734. The van der Waals surface area contributed by atoms with Crippen LogP contribution in [-0.4, -0.2) is 42.7 Å². The molecule has 0 aliphatic carbocycles. The van der Waals surface area contributed by atoms with E-state index in [1.165, 1.54) is 4.90 Å². The van der Waals surface area contributed by atoms with Crippen molar-refractivity contribution in [1.82, 2.24) is 4.90 Å². The molecule has 0 fully saturated rings. The number of aliphatic hydroxyl groups excluding tert-OH is 1. The van der Waals surface area contributed by atoms with E-state index in [2.05, 4.69) is 15.9 Å². The molecular formula is C13H16BrF2NO2. The first kappa shape index (κ1) is 14.7. The van der Waals surface area contributed by atoms with Crippen LogP contribution in [0.5, 0.6) is 5.75 Å². The molecule has 0 spiro atoms. The molecule has 0 saturated carbocycles. The highest BCUT2D eigenvalue weighted by atomic mass is 79.9. The van der Waals surface area contributed by atoms with Crippen molar-refractivity contribution < 1.29 is 18.6 Å². The van der Waals surface area contributed by atoms with Gasteiger partial charge in [-0.05, 0) is 17.7 Å². The van der Waals surface area contributed by atoms with Crippen molar-refractivity contribution in [3.05, 3.63) is 27.7 Å². The first-order valence-electron chi connectivity index (χ1n) is 6.15. The molecule has 19 heavy (non-hydrogen) atoms. The van der Waals surface area contributed by atoms with Crippen LogP contribution in [0.4, 0.5) is 8.78 Å². The van der Waals surface area contributed by atoms with Crippen LogP contribution in [0.3, 0.4) is 0 Å². The van der Waals surface area contributed by atoms with Crippen LogP contribution in [0.2, 0.25) is 0 Å². The number of benzene rings is 1. The molecule has 1 heterocycles. The molecule has 0 radical (unpaired) electrons. The van der Waals surface area contributed by atoms with Gasteiger partial charge in [-0.25, -0.2) is 8.78 Å². The number of aliphatic hydroxyl groups is 1. The van der Waals surface area contributed by atoms with Crippen molar-refractivity contribution in [2.24, 2.45) is 0 Å². The number of nitrogens with zero attached hydrogens (tertiary/aromatic N) is 1. The van der Waals surface area contributed by atoms with Gasteiger partial charge in [-0.1, -0.05) is 15.9 Å². The Bertz CT molecular complexity index is 443. The second kappa shape index (κ2) is 6.63. The van der Waals surface area contributed by atoms with E-state index in [9.17, 15) is 8.78 Å². The summed E-state index contributed by atoms with van der Waals surface area (Å²) < 4.78 is 31.5. The minimum atomic E-state index is -2.41. The number of ether oxygens (including phenoxy) is 1. The Morgan fingerprint density at radius 3 is 2.89 bits per heavy atom. The zero-order valence-corrected chi connectivity index (χ0v) is 12.0. The normalized spacial score (nSPS) is 14.0. The zero-order valence-electron chi connectivity index (χ0n) is 10.4. The number of hydrogen-bond acceptors (Lipinski definition) is 3. The van der Waals surface area contributed by atoms with E-state index in [1.54, 1.807) is 0 Å². The Morgan fingerprint density at radius 2 is 2.21 bits per heavy atom. The highest BCUT2D eigenvalue weighted by molar-refractivity contribution is 9.10. The van der Waals surface area contributed by atoms with Crippen LogP contribution in [0.15, 0.2) is 16.6 Å². The van der Waals surface area contributed by atoms with Crippen molar-refractivity contribution in [3.8, 4) is 5.75 Å². The summed E-state index contributed by atoms with van der Waals surface area (Å²) in [7, 11) is 0. The molecule has 0 unspecified atom stereocenters. The van der Waals surface area contributed by atoms with Crippen LogP contribution in [-0.2, 0) is 13.0 Å². The lowest BCUT2D eigenvalue weighted by Crippen LogP contribution is -2.31. The van der Waals surface area contributed by atoms with Gasteiger partial charge in [-0.3, -0.25) is 4.90 Å². The lowest BCUT2D eigenvalue weighted by atomic mass is 10.1. The average molecular weight is 336 g/mol. The topological polar surface area (TPSA) is 32.7 Å². The van der Waals surface area contributed by atoms with Gasteiger partial charge in [-0.2, -0.15) is 0 Å². The summed E-state index contributed by atoms with van der Waals surface area (Å²) in [5, 5.41) is 8.95. The molecule has 0 saturated heterocycles. The highest BCUT2D eigenvalue weighted by Crippen LogP contribution is 2.33. The third-order valence-corrected chi connectivity index (χ3v) is 3.49. The summed E-state index contributed by atoms with van der Waals surface area (Å²) in [6, 6.07) is 3.88. The van der Waals surface area contributed by atoms with Gasteiger partial charge in [0.2, 0.25) is 0 Å². The second-order valence-corrected chi connectivity index (χ2v) is 5.42. The predicted molar refractivity (Wildman–Crippen MR) is 71.7 cm³/mol. The molecule has 3 nitrogen and oxygen atoms in total. The van der Waals surface area contributed by atoms with Crippen molar-refractivity contribution in [2.45, 2.75) is 19.4 Å². The van der Waals surface area contributed by atoms with Crippen LogP contribution >= 0.6 is 15.9 Å². The Morgan fingerprint density at radius 1 is 1.42 bits per heavy atom. The molecule has 1 aromatic rings. The summed E-state index contributed by atoms with van der Waals surface area (Å²) in [6.07, 6.45) is -1.57. The van der Waals surface area contributed by atoms with Gasteiger partial charge in [0, 0.05) is 29.5 Å². The first-order valence-corrected chi connectivity index (χ1v) is 6.95. The molecule has 6 heteroatoms. The zero-order chi connectivity index (χ0) is 13.8. The Balaban J connectivity index is 2.16. The van der Waals surface area contributed by atoms with E-state index in [4.69, 9.17) is 9.84 Å². The molecule has 1 aliphatic heterocycles. The van der Waals surface area contributed by atoms with Crippen LogP contribution in [0, 0.1) is 0 Å². The van der Waals surface area contributed by atoms with Gasteiger partial charge >= 0.3 is 0 Å². The predicted octanol–water partition coefficient (Wildman–Crippen LogP) is 2.44. The van der Waals surface area contributed by atoms with Crippen molar-refractivity contribution in [1.29, 1.82) is 0 Å². The summed E-state index contributed by atoms with van der Waals surface area (Å²) in [5.74, 6) is 0.806. The molecule has 1 N–H and O–H groups in total. The van der Waals surface area contributed by atoms with E-state index in [0.29, 0.717) is 13.2 Å². The number of alkyl halides is 2. The van der Waals surface area contributed by atoms with Crippen LogP contribution < -0.4 is 4.74 Å². The molecular weight excluding hydrogens is 320 g/mol. The fourth-order valence-corrected chi connectivity index (χ4v) is 2.83. The van der Waals surface area contributed by atoms with Crippen LogP contribution in [0.25, 0.3) is 0 Å². The van der Waals surface area contributed by atoms with Gasteiger partial charge in [0.05, 0.1) is 19.8 Å². The molecule has 0 bridgehead atoms. The third kappa shape index (κ3) is 3.87. The molecule has 106 valence electrons. The minimum absolute atomic E-state index is 0.135. The summed E-state index contributed by atoms with van der Waals surface area (Å²) in [5.41, 5.74) is 1.99. The Hall–Kier alpha value is -0.720. The van der Waals surface area contributed by atoms with Crippen LogP contribution in [0.1, 0.15) is 11.1 Å². The fraction of sp³-hybridized carbons (Fsp3) is 0.538. The molecule has 0 aromatic heterocycles. The lowest BCUT2D eigenvalue weighted by molar-refractivity contribution is 0.0742. The maximum Gasteiger partial charge on any atom is 0.251 e. The van der Waals surface area contributed by atoms with Gasteiger partial charge in [-0.15, -0.1) is 0 Å². The average Bonchev–Trinajstić information content (AvgIpc) is 2.76. The van der Waals surface area contributed by atoms with E-state index in [0.717, 1.165) is 27.8 Å². The number of halogens is 3. The lowest BCUT2D eigenvalue weighted by Gasteiger charge is -2.22. The quantitative estimate of drug-likeness (QED) is 0.866. The van der Waals surface area contributed by atoms with E-state index >= 15 is 0 Å². The fourth-order valence-electron chi connectivity index (χ4n) is 2.28.